The molecule has 0 aromatic heterocycles. The van der Waals surface area contributed by atoms with E-state index in [4.69, 9.17) is 0 Å². The predicted octanol–water partition coefficient (Wildman–Crippen LogP) is 4.05. The number of hydrogen-bond acceptors (Lipinski definition) is 4. The van der Waals surface area contributed by atoms with E-state index in [9.17, 15) is 9.59 Å². The molecule has 0 saturated carbocycles. The number of amides is 1. The molecule has 1 N–H and O–H groups in total. The number of hydrogen-bond donors (Lipinski definition) is 1. The van der Waals surface area contributed by atoms with Crippen LogP contribution in [0.15, 0.2) is 42.5 Å². The first-order valence-electron chi connectivity index (χ1n) is 10.4. The number of piperazine rings is 1. The van der Waals surface area contributed by atoms with E-state index in [1.165, 1.54) is 0 Å². The molecule has 1 amide bonds. The zero-order chi connectivity index (χ0) is 20.8. The SMILES string of the molecule is CCN1CCN(c2ccccc2NC(=O)CCC(=O)c2ccc(C)c(C)c2)CC1. The van der Waals surface area contributed by atoms with Crippen LogP contribution < -0.4 is 10.2 Å². The molecule has 154 valence electrons. The highest BCUT2D eigenvalue weighted by Gasteiger charge is 2.19. The summed E-state index contributed by atoms with van der Waals surface area (Å²) in [6.07, 6.45) is 0.398. The van der Waals surface area contributed by atoms with Crippen molar-refractivity contribution in [3.8, 4) is 0 Å². The summed E-state index contributed by atoms with van der Waals surface area (Å²) in [5, 5.41) is 3.01. The van der Waals surface area contributed by atoms with Gasteiger partial charge >= 0.3 is 0 Å². The van der Waals surface area contributed by atoms with E-state index in [2.05, 4.69) is 28.1 Å². The number of para-hydroxylation sites is 2. The summed E-state index contributed by atoms with van der Waals surface area (Å²) in [5.74, 6) is -0.117. The maximum Gasteiger partial charge on any atom is 0.224 e. The minimum atomic E-state index is -0.123. The van der Waals surface area contributed by atoms with Crippen molar-refractivity contribution in [2.75, 3.05) is 42.9 Å². The zero-order valence-electron chi connectivity index (χ0n) is 17.7. The number of rotatable bonds is 7. The van der Waals surface area contributed by atoms with Crippen molar-refractivity contribution >= 4 is 23.1 Å². The van der Waals surface area contributed by atoms with Crippen LogP contribution in [0.5, 0.6) is 0 Å². The van der Waals surface area contributed by atoms with Crippen LogP contribution in [0.3, 0.4) is 0 Å². The topological polar surface area (TPSA) is 52.6 Å². The Morgan fingerprint density at radius 2 is 1.66 bits per heavy atom. The van der Waals surface area contributed by atoms with Gasteiger partial charge in [0.1, 0.15) is 0 Å². The highest BCUT2D eigenvalue weighted by atomic mass is 16.2. The van der Waals surface area contributed by atoms with E-state index in [0.717, 1.165) is 55.2 Å². The number of carbonyl (C=O) groups excluding carboxylic acids is 2. The smallest absolute Gasteiger partial charge is 0.224 e. The molecule has 0 radical (unpaired) electrons. The second-order valence-corrected chi connectivity index (χ2v) is 7.71. The maximum atomic E-state index is 12.5. The monoisotopic (exact) mass is 393 g/mol. The fourth-order valence-corrected chi connectivity index (χ4v) is 3.66. The van der Waals surface area contributed by atoms with Crippen LogP contribution >= 0.6 is 0 Å². The van der Waals surface area contributed by atoms with Crippen molar-refractivity contribution in [2.45, 2.75) is 33.6 Å². The standard InChI is InChI=1S/C24H31N3O2/c1-4-26-13-15-27(16-14-26)22-8-6-5-7-21(22)25-24(29)12-11-23(28)20-10-9-18(2)19(3)17-20/h5-10,17H,4,11-16H2,1-3H3,(H,25,29). The minimum Gasteiger partial charge on any atom is -0.367 e. The number of anilines is 2. The molecule has 1 aliphatic rings. The highest BCUT2D eigenvalue weighted by Crippen LogP contribution is 2.27. The molecular weight excluding hydrogens is 362 g/mol. The van der Waals surface area contributed by atoms with Crippen molar-refractivity contribution in [3.05, 3.63) is 59.2 Å². The number of nitrogens with zero attached hydrogens (tertiary/aromatic N) is 2. The van der Waals surface area contributed by atoms with Gasteiger partial charge in [0.25, 0.3) is 0 Å². The summed E-state index contributed by atoms with van der Waals surface area (Å²) in [6, 6.07) is 13.6. The first kappa shape index (κ1) is 21.1. The second kappa shape index (κ2) is 9.70. The molecule has 2 aromatic carbocycles. The van der Waals surface area contributed by atoms with Gasteiger partial charge in [0, 0.05) is 44.6 Å². The first-order valence-corrected chi connectivity index (χ1v) is 10.4. The molecule has 1 heterocycles. The summed E-state index contributed by atoms with van der Waals surface area (Å²) >= 11 is 0. The lowest BCUT2D eigenvalue weighted by atomic mass is 10.0. The third kappa shape index (κ3) is 5.45. The summed E-state index contributed by atoms with van der Waals surface area (Å²) < 4.78 is 0. The first-order chi connectivity index (χ1) is 14.0. The van der Waals surface area contributed by atoms with Crippen molar-refractivity contribution in [1.29, 1.82) is 0 Å². The fraction of sp³-hybridized carbons (Fsp3) is 0.417. The van der Waals surface area contributed by atoms with Gasteiger partial charge in [0.2, 0.25) is 5.91 Å². The van der Waals surface area contributed by atoms with E-state index in [1.54, 1.807) is 0 Å². The molecule has 3 rings (SSSR count). The lowest BCUT2D eigenvalue weighted by molar-refractivity contribution is -0.116. The Morgan fingerprint density at radius 3 is 2.34 bits per heavy atom. The van der Waals surface area contributed by atoms with Crippen LogP contribution in [0.4, 0.5) is 11.4 Å². The van der Waals surface area contributed by atoms with Gasteiger partial charge in [-0.3, -0.25) is 9.59 Å². The van der Waals surface area contributed by atoms with Crippen molar-refractivity contribution in [3.63, 3.8) is 0 Å². The van der Waals surface area contributed by atoms with Crippen LogP contribution in [0.25, 0.3) is 0 Å². The van der Waals surface area contributed by atoms with E-state index < -0.39 is 0 Å². The maximum absolute atomic E-state index is 12.5. The number of Topliss-reactive ketones (excluding diaryl/α,β-unsaturated/α-hetero) is 1. The Balaban J connectivity index is 1.58. The van der Waals surface area contributed by atoms with E-state index in [-0.39, 0.29) is 24.5 Å². The van der Waals surface area contributed by atoms with Gasteiger partial charge in [-0.2, -0.15) is 0 Å². The largest absolute Gasteiger partial charge is 0.367 e. The molecule has 0 unspecified atom stereocenters. The number of likely N-dealkylation sites (N-methyl/N-ethyl adjacent to an activating group) is 1. The average molecular weight is 394 g/mol. The molecular formula is C24H31N3O2. The summed E-state index contributed by atoms with van der Waals surface area (Å²) in [4.78, 5) is 29.7. The van der Waals surface area contributed by atoms with E-state index in [1.807, 2.05) is 50.2 Å². The van der Waals surface area contributed by atoms with Gasteiger partial charge in [-0.05, 0) is 49.7 Å². The molecule has 5 heteroatoms. The van der Waals surface area contributed by atoms with E-state index in [0.29, 0.717) is 5.56 Å². The number of carbonyl (C=O) groups is 2. The summed E-state index contributed by atoms with van der Waals surface area (Å²) in [6.45, 7) is 11.2. The van der Waals surface area contributed by atoms with Gasteiger partial charge in [-0.25, -0.2) is 0 Å². The number of ketones is 1. The molecule has 1 aliphatic heterocycles. The predicted molar refractivity (Wildman–Crippen MR) is 119 cm³/mol. The van der Waals surface area contributed by atoms with Gasteiger partial charge in [0.15, 0.2) is 5.78 Å². The van der Waals surface area contributed by atoms with Crippen LogP contribution in [-0.2, 0) is 4.79 Å². The van der Waals surface area contributed by atoms with Crippen LogP contribution in [-0.4, -0.2) is 49.3 Å². The van der Waals surface area contributed by atoms with Crippen molar-refractivity contribution in [2.24, 2.45) is 0 Å². The van der Waals surface area contributed by atoms with E-state index >= 15 is 0 Å². The Labute approximate surface area is 173 Å². The summed E-state index contributed by atoms with van der Waals surface area (Å²) in [5.41, 5.74) is 4.81. The number of benzene rings is 2. The van der Waals surface area contributed by atoms with Gasteiger partial charge in [-0.1, -0.05) is 31.2 Å². The highest BCUT2D eigenvalue weighted by molar-refractivity contribution is 6.01. The van der Waals surface area contributed by atoms with Crippen LogP contribution in [0, 0.1) is 13.8 Å². The van der Waals surface area contributed by atoms with Crippen molar-refractivity contribution < 1.29 is 9.59 Å². The normalized spacial score (nSPS) is 14.7. The Hall–Kier alpha value is -2.66. The zero-order valence-corrected chi connectivity index (χ0v) is 17.7. The van der Waals surface area contributed by atoms with Gasteiger partial charge in [-0.15, -0.1) is 0 Å². The molecule has 1 fully saturated rings. The lowest BCUT2D eigenvalue weighted by Crippen LogP contribution is -2.46. The van der Waals surface area contributed by atoms with Crippen molar-refractivity contribution in [1.82, 2.24) is 4.90 Å². The van der Waals surface area contributed by atoms with Gasteiger partial charge in [0.05, 0.1) is 11.4 Å². The van der Waals surface area contributed by atoms with Gasteiger partial charge < -0.3 is 15.1 Å². The van der Waals surface area contributed by atoms with Crippen LogP contribution in [0.1, 0.15) is 41.3 Å². The number of aryl methyl sites for hydroxylation is 2. The second-order valence-electron chi connectivity index (χ2n) is 7.71. The third-order valence-electron chi connectivity index (χ3n) is 5.75. The fourth-order valence-electron chi connectivity index (χ4n) is 3.66. The molecule has 0 atom stereocenters. The van der Waals surface area contributed by atoms with Crippen LogP contribution in [0.2, 0.25) is 0 Å². The number of nitrogens with one attached hydrogen (secondary N) is 1. The molecule has 1 saturated heterocycles. The summed E-state index contributed by atoms with van der Waals surface area (Å²) in [7, 11) is 0. The Morgan fingerprint density at radius 1 is 0.931 bits per heavy atom. The lowest BCUT2D eigenvalue weighted by Gasteiger charge is -2.36. The molecule has 29 heavy (non-hydrogen) atoms. The molecule has 0 aliphatic carbocycles. The Bertz CT molecular complexity index is 870. The Kier molecular flexibility index (Phi) is 7.04. The average Bonchev–Trinajstić information content (AvgIpc) is 2.74. The quantitative estimate of drug-likeness (QED) is 0.721. The molecule has 5 nitrogen and oxygen atoms in total. The third-order valence-corrected chi connectivity index (χ3v) is 5.75. The minimum absolute atomic E-state index is 0.00669. The molecule has 2 aromatic rings. The molecule has 0 spiro atoms. The molecule has 0 bridgehead atoms.